The number of ether oxygens (including phenoxy) is 1. The Bertz CT molecular complexity index is 1440. The van der Waals surface area contributed by atoms with E-state index in [1.165, 1.54) is 19.2 Å². The Morgan fingerprint density at radius 3 is 2.63 bits per heavy atom. The van der Waals surface area contributed by atoms with E-state index < -0.39 is 29.2 Å². The van der Waals surface area contributed by atoms with Gasteiger partial charge in [0.2, 0.25) is 0 Å². The van der Waals surface area contributed by atoms with Crippen LogP contribution in [0.1, 0.15) is 58.5 Å². The van der Waals surface area contributed by atoms with Gasteiger partial charge in [-0.05, 0) is 54.5 Å². The zero-order chi connectivity index (χ0) is 26.8. The Hall–Kier alpha value is -3.00. The van der Waals surface area contributed by atoms with E-state index in [2.05, 4.69) is 10.6 Å². The van der Waals surface area contributed by atoms with E-state index in [1.807, 2.05) is 37.3 Å². The summed E-state index contributed by atoms with van der Waals surface area (Å²) in [5.74, 6) is -1.89. The van der Waals surface area contributed by atoms with Crippen LogP contribution in [0.15, 0.2) is 42.5 Å². The number of carbonyl (C=O) groups is 1. The van der Waals surface area contributed by atoms with Crippen molar-refractivity contribution in [1.82, 2.24) is 10.6 Å². The lowest BCUT2D eigenvalue weighted by molar-refractivity contribution is 0.0539. The molecule has 3 aliphatic rings. The van der Waals surface area contributed by atoms with Crippen LogP contribution in [0.25, 0.3) is 11.1 Å². The molecule has 198 valence electrons. The van der Waals surface area contributed by atoms with Gasteiger partial charge in [-0.1, -0.05) is 48.9 Å². The second kappa shape index (κ2) is 9.33. The lowest BCUT2D eigenvalue weighted by Gasteiger charge is -2.35. The molecule has 2 heterocycles. The summed E-state index contributed by atoms with van der Waals surface area (Å²) < 4.78 is 38.5. The highest BCUT2D eigenvalue weighted by Crippen LogP contribution is 2.53. The third-order valence-electron chi connectivity index (χ3n) is 8.41. The molecule has 2 aliphatic heterocycles. The molecule has 6 rings (SSSR count). The number of aliphatic hydroxyl groups excluding tert-OH is 1. The zero-order valence-corrected chi connectivity index (χ0v) is 22.0. The average molecular weight is 539 g/mol. The number of aliphatic hydroxyl groups is 1. The number of hydrogen-bond donors (Lipinski definition) is 3. The summed E-state index contributed by atoms with van der Waals surface area (Å²) in [6, 6.07) is 12.5. The van der Waals surface area contributed by atoms with Crippen molar-refractivity contribution in [3.8, 4) is 16.9 Å². The van der Waals surface area contributed by atoms with Crippen LogP contribution in [0.4, 0.5) is 8.78 Å². The third-order valence-corrected chi connectivity index (χ3v) is 8.78. The number of amides is 1. The Balaban J connectivity index is 1.61. The van der Waals surface area contributed by atoms with Gasteiger partial charge < -0.3 is 20.5 Å². The molecule has 1 amide bonds. The van der Waals surface area contributed by atoms with Crippen molar-refractivity contribution in [2.75, 3.05) is 13.6 Å². The van der Waals surface area contributed by atoms with Gasteiger partial charge in [0.15, 0.2) is 5.60 Å². The predicted octanol–water partition coefficient (Wildman–Crippen LogP) is 5.45. The summed E-state index contributed by atoms with van der Waals surface area (Å²) in [7, 11) is 1.45. The predicted molar refractivity (Wildman–Crippen MR) is 141 cm³/mol. The summed E-state index contributed by atoms with van der Waals surface area (Å²) in [6.07, 6.45) is 1.56. The Morgan fingerprint density at radius 1 is 1.18 bits per heavy atom. The van der Waals surface area contributed by atoms with Gasteiger partial charge in [-0.2, -0.15) is 0 Å². The Morgan fingerprint density at radius 2 is 1.95 bits per heavy atom. The minimum Gasteiger partial charge on any atom is -0.480 e. The smallest absolute Gasteiger partial charge is 0.251 e. The van der Waals surface area contributed by atoms with Crippen molar-refractivity contribution in [3.05, 3.63) is 86.9 Å². The molecule has 3 aromatic rings. The van der Waals surface area contributed by atoms with Gasteiger partial charge in [0.1, 0.15) is 17.4 Å². The Kier molecular flexibility index (Phi) is 6.21. The minimum atomic E-state index is -0.895. The van der Waals surface area contributed by atoms with Crippen molar-refractivity contribution in [2.45, 2.75) is 50.4 Å². The summed E-state index contributed by atoms with van der Waals surface area (Å²) in [6.45, 7) is 2.66. The van der Waals surface area contributed by atoms with E-state index in [0.717, 1.165) is 24.9 Å². The number of carbonyl (C=O) groups excluding carboxylic acids is 1. The SMILES string of the molecule is CNC(=O)c1cc2c(c(F)c1-c1c(Cl)c(F)cc3c1C[C@](c1ccccc1)([C@@H]1CCCN1)O3)C[C@@H](C)[C@@H]2O. The number of benzene rings is 3. The van der Waals surface area contributed by atoms with E-state index >= 15 is 8.78 Å². The maximum absolute atomic E-state index is 16.4. The fourth-order valence-corrected chi connectivity index (χ4v) is 6.77. The first kappa shape index (κ1) is 25.3. The van der Waals surface area contributed by atoms with E-state index in [4.69, 9.17) is 16.3 Å². The molecular formula is C30H29ClF2N2O3. The third kappa shape index (κ3) is 3.67. The van der Waals surface area contributed by atoms with E-state index in [0.29, 0.717) is 29.5 Å². The summed E-state index contributed by atoms with van der Waals surface area (Å²) in [4.78, 5) is 13.1. The standard InChI is InChI=1S/C30H29ClF2N2O3/c1-15-11-17-18(28(15)36)12-19(29(37)34-2)25(27(17)33)24-20-14-30(23-9-6-10-35-23,16-7-4-3-5-8-16)38-22(20)13-21(32)26(24)31/h3-5,7-8,12-13,15,23,28,35-36H,6,9-11,14H2,1-2H3,(H,34,37)/t15-,23+,28+,30+/m1/s1. The number of rotatable bonds is 4. The zero-order valence-electron chi connectivity index (χ0n) is 21.2. The van der Waals surface area contributed by atoms with Crippen LogP contribution in [-0.4, -0.2) is 30.6 Å². The highest BCUT2D eigenvalue weighted by molar-refractivity contribution is 6.34. The average Bonchev–Trinajstić information content (AvgIpc) is 3.65. The molecule has 0 spiro atoms. The molecule has 0 radical (unpaired) electrons. The molecule has 5 nitrogen and oxygen atoms in total. The van der Waals surface area contributed by atoms with E-state index in [9.17, 15) is 9.90 Å². The van der Waals surface area contributed by atoms with Crippen LogP contribution in [0.2, 0.25) is 5.02 Å². The van der Waals surface area contributed by atoms with Crippen LogP contribution in [0.3, 0.4) is 0 Å². The molecule has 1 aliphatic carbocycles. The first-order valence-electron chi connectivity index (χ1n) is 13.0. The van der Waals surface area contributed by atoms with Gasteiger partial charge in [0, 0.05) is 36.2 Å². The first-order valence-corrected chi connectivity index (χ1v) is 13.4. The maximum Gasteiger partial charge on any atom is 0.251 e. The summed E-state index contributed by atoms with van der Waals surface area (Å²) >= 11 is 6.62. The van der Waals surface area contributed by atoms with Crippen molar-refractivity contribution in [3.63, 3.8) is 0 Å². The highest BCUT2D eigenvalue weighted by Gasteiger charge is 2.50. The van der Waals surface area contributed by atoms with Crippen LogP contribution < -0.4 is 15.4 Å². The summed E-state index contributed by atoms with van der Waals surface area (Å²) in [5.41, 5.74) is 1.42. The van der Waals surface area contributed by atoms with Crippen molar-refractivity contribution in [1.29, 1.82) is 0 Å². The molecule has 0 saturated carbocycles. The Labute approximate surface area is 225 Å². The number of hydrogen-bond acceptors (Lipinski definition) is 4. The van der Waals surface area contributed by atoms with Gasteiger partial charge in [-0.25, -0.2) is 8.78 Å². The number of fused-ring (bicyclic) bond motifs is 2. The summed E-state index contributed by atoms with van der Waals surface area (Å²) in [5, 5.41) is 16.5. The molecule has 4 atom stereocenters. The molecule has 3 aromatic carbocycles. The lowest BCUT2D eigenvalue weighted by Crippen LogP contribution is -2.48. The van der Waals surface area contributed by atoms with E-state index in [1.54, 1.807) is 0 Å². The second-order valence-electron chi connectivity index (χ2n) is 10.6. The molecule has 1 saturated heterocycles. The molecule has 3 N–H and O–H groups in total. The van der Waals surface area contributed by atoms with Gasteiger partial charge in [-0.3, -0.25) is 4.79 Å². The first-order chi connectivity index (χ1) is 18.3. The quantitative estimate of drug-likeness (QED) is 0.413. The van der Waals surface area contributed by atoms with Crippen LogP contribution >= 0.6 is 11.6 Å². The van der Waals surface area contributed by atoms with E-state index in [-0.39, 0.29) is 39.4 Å². The maximum atomic E-state index is 16.4. The van der Waals surface area contributed by atoms with Gasteiger partial charge in [0.25, 0.3) is 5.91 Å². The molecular weight excluding hydrogens is 510 g/mol. The van der Waals surface area contributed by atoms with Gasteiger partial charge in [-0.15, -0.1) is 0 Å². The van der Waals surface area contributed by atoms with Gasteiger partial charge >= 0.3 is 0 Å². The number of halogens is 3. The topological polar surface area (TPSA) is 70.6 Å². The van der Waals surface area contributed by atoms with Crippen LogP contribution in [0.5, 0.6) is 5.75 Å². The highest BCUT2D eigenvalue weighted by atomic mass is 35.5. The molecule has 8 heteroatoms. The van der Waals surface area contributed by atoms with Crippen LogP contribution in [-0.2, 0) is 18.4 Å². The monoisotopic (exact) mass is 538 g/mol. The van der Waals surface area contributed by atoms with Crippen molar-refractivity contribution < 1.29 is 23.4 Å². The largest absolute Gasteiger partial charge is 0.480 e. The minimum absolute atomic E-state index is 0.00259. The molecule has 0 bridgehead atoms. The lowest BCUT2D eigenvalue weighted by atomic mass is 9.80. The number of nitrogens with one attached hydrogen (secondary N) is 2. The molecule has 0 aromatic heterocycles. The molecule has 0 unspecified atom stereocenters. The second-order valence-corrected chi connectivity index (χ2v) is 11.0. The van der Waals surface area contributed by atoms with Crippen LogP contribution in [0, 0.1) is 17.6 Å². The fourth-order valence-electron chi connectivity index (χ4n) is 6.50. The molecule has 1 fully saturated rings. The van der Waals surface area contributed by atoms with Gasteiger partial charge in [0.05, 0.1) is 22.7 Å². The fraction of sp³-hybridized carbons (Fsp3) is 0.367. The molecule has 38 heavy (non-hydrogen) atoms. The van der Waals surface area contributed by atoms with Crippen molar-refractivity contribution in [2.24, 2.45) is 5.92 Å². The normalized spacial score (nSPS) is 25.7. The van der Waals surface area contributed by atoms with Crippen molar-refractivity contribution >= 4 is 17.5 Å².